The SMILES string of the molecule is CCC(=O)Nc1ccc(NC(=O)c2cc(C(C)=O)c[nH]2)cc1. The molecule has 2 rings (SSSR count). The lowest BCUT2D eigenvalue weighted by atomic mass is 10.2. The molecule has 114 valence electrons. The number of ketones is 1. The van der Waals surface area contributed by atoms with E-state index >= 15 is 0 Å². The lowest BCUT2D eigenvalue weighted by molar-refractivity contribution is -0.115. The molecule has 0 saturated carbocycles. The average molecular weight is 299 g/mol. The van der Waals surface area contributed by atoms with Crippen LogP contribution in [0, 0.1) is 0 Å². The number of rotatable bonds is 5. The van der Waals surface area contributed by atoms with E-state index in [0.29, 0.717) is 29.1 Å². The fraction of sp³-hybridized carbons (Fsp3) is 0.188. The Balaban J connectivity index is 2.02. The van der Waals surface area contributed by atoms with Crippen molar-refractivity contribution in [1.82, 2.24) is 4.98 Å². The van der Waals surface area contributed by atoms with Crippen LogP contribution in [0.25, 0.3) is 0 Å². The summed E-state index contributed by atoms with van der Waals surface area (Å²) in [5.74, 6) is -0.510. The zero-order valence-electron chi connectivity index (χ0n) is 12.4. The Morgan fingerprint density at radius 2 is 1.64 bits per heavy atom. The summed E-state index contributed by atoms with van der Waals surface area (Å²) < 4.78 is 0. The number of hydrogen-bond donors (Lipinski definition) is 3. The van der Waals surface area contributed by atoms with E-state index in [0.717, 1.165) is 0 Å². The third-order valence-corrected chi connectivity index (χ3v) is 3.08. The molecule has 0 aliphatic carbocycles. The molecule has 2 amide bonds. The van der Waals surface area contributed by atoms with Gasteiger partial charge < -0.3 is 15.6 Å². The van der Waals surface area contributed by atoms with Crippen molar-refractivity contribution in [3.63, 3.8) is 0 Å². The van der Waals surface area contributed by atoms with Crippen molar-refractivity contribution in [2.24, 2.45) is 0 Å². The second-order valence-electron chi connectivity index (χ2n) is 4.79. The van der Waals surface area contributed by atoms with Crippen LogP contribution in [0.2, 0.25) is 0 Å². The van der Waals surface area contributed by atoms with E-state index in [1.165, 1.54) is 19.2 Å². The van der Waals surface area contributed by atoms with Gasteiger partial charge in [-0.3, -0.25) is 14.4 Å². The highest BCUT2D eigenvalue weighted by molar-refractivity contribution is 6.05. The number of amides is 2. The zero-order chi connectivity index (χ0) is 16.1. The minimum absolute atomic E-state index is 0.0695. The second kappa shape index (κ2) is 6.71. The lowest BCUT2D eigenvalue weighted by Crippen LogP contribution is -2.12. The van der Waals surface area contributed by atoms with Gasteiger partial charge in [-0.05, 0) is 37.3 Å². The van der Waals surface area contributed by atoms with Crippen LogP contribution in [0.5, 0.6) is 0 Å². The van der Waals surface area contributed by atoms with E-state index in [1.54, 1.807) is 31.2 Å². The Morgan fingerprint density at radius 3 is 2.14 bits per heavy atom. The molecule has 3 N–H and O–H groups in total. The highest BCUT2D eigenvalue weighted by Gasteiger charge is 2.11. The minimum atomic E-state index is -0.335. The Bertz CT molecular complexity index is 702. The molecular formula is C16H17N3O3. The van der Waals surface area contributed by atoms with Crippen molar-refractivity contribution in [3.8, 4) is 0 Å². The largest absolute Gasteiger partial charge is 0.356 e. The summed E-state index contributed by atoms with van der Waals surface area (Å²) >= 11 is 0. The molecule has 0 atom stereocenters. The molecule has 0 radical (unpaired) electrons. The van der Waals surface area contributed by atoms with Gasteiger partial charge in [-0.2, -0.15) is 0 Å². The van der Waals surface area contributed by atoms with Gasteiger partial charge >= 0.3 is 0 Å². The van der Waals surface area contributed by atoms with Crippen molar-refractivity contribution < 1.29 is 14.4 Å². The van der Waals surface area contributed by atoms with Gasteiger partial charge in [-0.1, -0.05) is 6.92 Å². The van der Waals surface area contributed by atoms with Crippen molar-refractivity contribution in [1.29, 1.82) is 0 Å². The second-order valence-corrected chi connectivity index (χ2v) is 4.79. The Labute approximate surface area is 127 Å². The third kappa shape index (κ3) is 3.82. The predicted octanol–water partition coefficient (Wildman–Crippen LogP) is 2.82. The number of aromatic amines is 1. The number of carbonyl (C=O) groups excluding carboxylic acids is 3. The van der Waals surface area contributed by atoms with E-state index in [2.05, 4.69) is 15.6 Å². The number of carbonyl (C=O) groups is 3. The highest BCUT2D eigenvalue weighted by Crippen LogP contribution is 2.15. The molecule has 1 aromatic heterocycles. The summed E-state index contributed by atoms with van der Waals surface area (Å²) in [4.78, 5) is 37.3. The molecular weight excluding hydrogens is 282 g/mol. The predicted molar refractivity (Wildman–Crippen MR) is 84.1 cm³/mol. The molecule has 1 aromatic carbocycles. The lowest BCUT2D eigenvalue weighted by Gasteiger charge is -2.06. The number of benzene rings is 1. The van der Waals surface area contributed by atoms with E-state index in [9.17, 15) is 14.4 Å². The molecule has 2 aromatic rings. The molecule has 1 heterocycles. The zero-order valence-corrected chi connectivity index (χ0v) is 12.4. The average Bonchev–Trinajstić information content (AvgIpc) is 2.99. The van der Waals surface area contributed by atoms with Crippen LogP contribution in [0.3, 0.4) is 0 Å². The van der Waals surface area contributed by atoms with E-state index in [-0.39, 0.29) is 17.6 Å². The first kappa shape index (κ1) is 15.5. The van der Waals surface area contributed by atoms with Crippen LogP contribution in [0.15, 0.2) is 36.5 Å². The summed E-state index contributed by atoms with van der Waals surface area (Å²) in [5, 5.41) is 5.44. The fourth-order valence-corrected chi connectivity index (χ4v) is 1.81. The molecule has 6 nitrogen and oxygen atoms in total. The fourth-order valence-electron chi connectivity index (χ4n) is 1.81. The van der Waals surface area contributed by atoms with Crippen LogP contribution in [0.1, 0.15) is 41.1 Å². The van der Waals surface area contributed by atoms with Gasteiger partial charge in [0.25, 0.3) is 5.91 Å². The van der Waals surface area contributed by atoms with Crippen molar-refractivity contribution in [2.45, 2.75) is 20.3 Å². The molecule has 0 bridgehead atoms. The van der Waals surface area contributed by atoms with E-state index in [1.807, 2.05) is 0 Å². The number of aromatic nitrogens is 1. The molecule has 0 aliphatic heterocycles. The van der Waals surface area contributed by atoms with Crippen LogP contribution >= 0.6 is 0 Å². The molecule has 0 spiro atoms. The Morgan fingerprint density at radius 1 is 1.05 bits per heavy atom. The first-order valence-corrected chi connectivity index (χ1v) is 6.90. The van der Waals surface area contributed by atoms with E-state index < -0.39 is 0 Å². The first-order chi connectivity index (χ1) is 10.5. The smallest absolute Gasteiger partial charge is 0.272 e. The van der Waals surface area contributed by atoms with Gasteiger partial charge in [0.2, 0.25) is 5.91 Å². The summed E-state index contributed by atoms with van der Waals surface area (Å²) in [6, 6.07) is 8.31. The monoisotopic (exact) mass is 299 g/mol. The highest BCUT2D eigenvalue weighted by atomic mass is 16.2. The van der Waals surface area contributed by atoms with Gasteiger partial charge in [0, 0.05) is 29.6 Å². The van der Waals surface area contributed by atoms with Gasteiger partial charge in [-0.15, -0.1) is 0 Å². The summed E-state index contributed by atoms with van der Waals surface area (Å²) in [6.07, 6.45) is 1.91. The summed E-state index contributed by atoms with van der Waals surface area (Å²) in [7, 11) is 0. The summed E-state index contributed by atoms with van der Waals surface area (Å²) in [5.41, 5.74) is 2.04. The maximum atomic E-state index is 12.0. The summed E-state index contributed by atoms with van der Waals surface area (Å²) in [6.45, 7) is 3.21. The number of anilines is 2. The number of hydrogen-bond acceptors (Lipinski definition) is 3. The van der Waals surface area contributed by atoms with Crippen LogP contribution in [-0.4, -0.2) is 22.6 Å². The Hall–Kier alpha value is -2.89. The van der Waals surface area contributed by atoms with Gasteiger partial charge in [0.05, 0.1) is 0 Å². The van der Waals surface area contributed by atoms with Gasteiger partial charge in [0.15, 0.2) is 5.78 Å². The standard InChI is InChI=1S/C16H17N3O3/c1-3-15(21)18-12-4-6-13(7-5-12)19-16(22)14-8-11(9-17-14)10(2)20/h4-9,17H,3H2,1-2H3,(H,18,21)(H,19,22). The molecule has 0 unspecified atom stereocenters. The first-order valence-electron chi connectivity index (χ1n) is 6.90. The number of H-pyrrole nitrogens is 1. The molecule has 6 heteroatoms. The Kier molecular flexibility index (Phi) is 4.73. The van der Waals surface area contributed by atoms with Crippen molar-refractivity contribution in [3.05, 3.63) is 47.8 Å². The molecule has 0 aliphatic rings. The number of nitrogens with one attached hydrogen (secondary N) is 3. The maximum absolute atomic E-state index is 12.0. The normalized spacial score (nSPS) is 10.1. The van der Waals surface area contributed by atoms with Crippen LogP contribution in [-0.2, 0) is 4.79 Å². The number of Topliss-reactive ketones (excluding diaryl/α,β-unsaturated/α-hetero) is 1. The maximum Gasteiger partial charge on any atom is 0.272 e. The van der Waals surface area contributed by atoms with Gasteiger partial charge in [0.1, 0.15) is 5.69 Å². The van der Waals surface area contributed by atoms with Crippen LogP contribution < -0.4 is 10.6 Å². The van der Waals surface area contributed by atoms with Crippen molar-refractivity contribution in [2.75, 3.05) is 10.6 Å². The minimum Gasteiger partial charge on any atom is -0.356 e. The molecule has 0 saturated heterocycles. The third-order valence-electron chi connectivity index (χ3n) is 3.08. The van der Waals surface area contributed by atoms with Gasteiger partial charge in [-0.25, -0.2) is 0 Å². The van der Waals surface area contributed by atoms with Crippen molar-refractivity contribution >= 4 is 29.0 Å². The van der Waals surface area contributed by atoms with E-state index in [4.69, 9.17) is 0 Å². The molecule has 22 heavy (non-hydrogen) atoms. The quantitative estimate of drug-likeness (QED) is 0.741. The topological polar surface area (TPSA) is 91.1 Å². The molecule has 0 fully saturated rings. The van der Waals surface area contributed by atoms with Crippen LogP contribution in [0.4, 0.5) is 11.4 Å².